The molecule has 0 unspecified atom stereocenters. The Labute approximate surface area is 162 Å². The normalized spacial score (nSPS) is 26.9. The van der Waals surface area contributed by atoms with Gasteiger partial charge in [0.25, 0.3) is 0 Å². The lowest BCUT2D eigenvalue weighted by molar-refractivity contribution is -0.143. The van der Waals surface area contributed by atoms with E-state index >= 15 is 0 Å². The van der Waals surface area contributed by atoms with Crippen molar-refractivity contribution in [2.24, 2.45) is 5.92 Å². The van der Waals surface area contributed by atoms with Crippen molar-refractivity contribution in [2.45, 2.75) is 37.8 Å². The van der Waals surface area contributed by atoms with E-state index in [9.17, 15) is 9.18 Å². The Morgan fingerprint density at radius 1 is 1.28 bits per heavy atom. The highest BCUT2D eigenvalue weighted by Crippen LogP contribution is 2.42. The van der Waals surface area contributed by atoms with Gasteiger partial charge in [0.2, 0.25) is 5.91 Å². The molecule has 7 heteroatoms. The van der Waals surface area contributed by atoms with Crippen molar-refractivity contribution in [2.75, 3.05) is 16.2 Å². The zero-order valence-electron chi connectivity index (χ0n) is 13.7. The molecule has 134 valence electrons. The molecule has 3 aliphatic rings. The molecule has 0 N–H and O–H groups in total. The van der Waals surface area contributed by atoms with E-state index in [4.69, 9.17) is 11.6 Å². The minimum absolute atomic E-state index is 0.0609. The molecule has 2 fully saturated rings. The summed E-state index contributed by atoms with van der Waals surface area (Å²) in [7, 11) is 0. The molecule has 3 heterocycles. The van der Waals surface area contributed by atoms with Gasteiger partial charge in [-0.3, -0.25) is 12.9 Å². The Bertz CT molecular complexity index is 727. The van der Waals surface area contributed by atoms with Crippen LogP contribution >= 0.6 is 32.6 Å². The van der Waals surface area contributed by atoms with Crippen LogP contribution in [0.4, 0.5) is 10.1 Å². The summed E-state index contributed by atoms with van der Waals surface area (Å²) in [5.41, 5.74) is 2.46. The lowest BCUT2D eigenvalue weighted by Crippen LogP contribution is -2.53. The molecule has 2 aliphatic heterocycles. The number of pyridine rings is 1. The maximum absolute atomic E-state index is 13.0. The summed E-state index contributed by atoms with van der Waals surface area (Å²) < 4.78 is 17.3. The number of alkyl halides is 1. The predicted molar refractivity (Wildman–Crippen MR) is 107 cm³/mol. The number of nitrogens with zero attached hydrogens (tertiary/aromatic N) is 3. The van der Waals surface area contributed by atoms with E-state index in [1.54, 1.807) is 4.90 Å². The van der Waals surface area contributed by atoms with Crippen LogP contribution in [0, 0.1) is 5.92 Å². The average Bonchev–Trinajstić information content (AvgIpc) is 3.05. The van der Waals surface area contributed by atoms with Crippen molar-refractivity contribution in [1.82, 2.24) is 9.88 Å². The van der Waals surface area contributed by atoms with Crippen LogP contribution in [-0.2, 0) is 4.79 Å². The Morgan fingerprint density at radius 2 is 2.04 bits per heavy atom. The monoisotopic (exact) mass is 475 g/mol. The van der Waals surface area contributed by atoms with E-state index in [0.717, 1.165) is 30.7 Å². The van der Waals surface area contributed by atoms with E-state index in [1.165, 1.54) is 11.3 Å². The van der Waals surface area contributed by atoms with Gasteiger partial charge in [-0.25, -0.2) is 4.39 Å². The second-order valence-corrected chi connectivity index (χ2v) is 9.51. The third kappa shape index (κ3) is 3.60. The van der Waals surface area contributed by atoms with E-state index in [0.29, 0.717) is 5.92 Å². The van der Waals surface area contributed by atoms with Crippen LogP contribution in [0.3, 0.4) is 0 Å². The lowest BCUT2D eigenvalue weighted by atomic mass is 9.78. The number of amides is 1. The SMILES string of the molecule is O=C(C1CCC(c2cnccc2N2C=C(Cl)C=I2)CC1)N1CC(F)C1. The predicted octanol–water partition coefficient (Wildman–Crippen LogP) is 4.12. The number of hydrogen-bond acceptors (Lipinski definition) is 3. The molecule has 1 amide bonds. The Morgan fingerprint density at radius 3 is 2.68 bits per heavy atom. The highest BCUT2D eigenvalue weighted by atomic mass is 127. The topological polar surface area (TPSA) is 36.4 Å². The van der Waals surface area contributed by atoms with Crippen molar-refractivity contribution in [3.05, 3.63) is 35.3 Å². The van der Waals surface area contributed by atoms with E-state index < -0.39 is 6.17 Å². The van der Waals surface area contributed by atoms with Crippen LogP contribution in [0.5, 0.6) is 0 Å². The van der Waals surface area contributed by atoms with E-state index in [1.807, 2.05) is 18.6 Å². The molecule has 0 radical (unpaired) electrons. The smallest absolute Gasteiger partial charge is 0.225 e. The van der Waals surface area contributed by atoms with Gasteiger partial charge in [-0.05, 0) is 43.2 Å². The molecular weight excluding hydrogens is 456 g/mol. The molecule has 0 bridgehead atoms. The van der Waals surface area contributed by atoms with Crippen molar-refractivity contribution in [3.63, 3.8) is 0 Å². The summed E-state index contributed by atoms with van der Waals surface area (Å²) in [6, 6.07) is 2.06. The van der Waals surface area contributed by atoms with Crippen LogP contribution in [0.25, 0.3) is 0 Å². The van der Waals surface area contributed by atoms with E-state index in [2.05, 4.69) is 18.2 Å². The first kappa shape index (κ1) is 17.4. The number of carbonyl (C=O) groups excluding carboxylic acids is 1. The van der Waals surface area contributed by atoms with Crippen molar-refractivity contribution in [3.8, 4) is 0 Å². The maximum Gasteiger partial charge on any atom is 0.225 e. The molecule has 25 heavy (non-hydrogen) atoms. The Balaban J connectivity index is 1.43. The number of carbonyl (C=O) groups is 1. The number of hydrogen-bond donors (Lipinski definition) is 0. The fourth-order valence-electron chi connectivity index (χ4n) is 3.81. The Kier molecular flexibility index (Phi) is 5.08. The third-order valence-corrected chi connectivity index (χ3v) is 8.14. The standard InChI is InChI=1S/C18H20ClFIN3O/c19-14-7-21-24(9-14)17-5-6-22-8-16(17)12-1-3-13(4-2-12)18(25)23-10-15(20)11-23/h5-9,12-13,15H,1-4,10-11H2. The van der Waals surface area contributed by atoms with E-state index in [-0.39, 0.29) is 45.9 Å². The first-order chi connectivity index (χ1) is 12.1. The molecular formula is C18H20ClFIN3O. The summed E-state index contributed by atoms with van der Waals surface area (Å²) in [6.45, 7) is 0.571. The summed E-state index contributed by atoms with van der Waals surface area (Å²) in [5, 5.41) is 0.811. The molecule has 0 aromatic carbocycles. The maximum atomic E-state index is 13.0. The molecule has 1 aliphatic carbocycles. The number of halogens is 3. The fourth-order valence-corrected chi connectivity index (χ4v) is 6.25. The molecule has 1 saturated carbocycles. The molecule has 0 spiro atoms. The second-order valence-electron chi connectivity index (χ2n) is 6.86. The first-order valence-corrected chi connectivity index (χ1v) is 11.2. The number of aromatic nitrogens is 1. The van der Waals surface area contributed by atoms with Crippen LogP contribution in [0.2, 0.25) is 0 Å². The summed E-state index contributed by atoms with van der Waals surface area (Å²) in [5.74, 6) is 0.633. The molecule has 1 aromatic heterocycles. The van der Waals surface area contributed by atoms with Gasteiger partial charge in [0.1, 0.15) is 6.17 Å². The van der Waals surface area contributed by atoms with Crippen molar-refractivity contribution in [1.29, 1.82) is 0 Å². The highest BCUT2D eigenvalue weighted by molar-refractivity contribution is 14.2. The van der Waals surface area contributed by atoms with Gasteiger partial charge in [-0.15, -0.1) is 0 Å². The fraction of sp³-hybridized carbons (Fsp3) is 0.500. The summed E-state index contributed by atoms with van der Waals surface area (Å²) in [4.78, 5) is 18.4. The minimum atomic E-state index is -0.821. The van der Waals surface area contributed by atoms with Crippen molar-refractivity contribution < 1.29 is 9.18 Å². The van der Waals surface area contributed by atoms with Crippen LogP contribution in [-0.4, -0.2) is 39.1 Å². The van der Waals surface area contributed by atoms with Gasteiger partial charge >= 0.3 is 0 Å². The van der Waals surface area contributed by atoms with Crippen LogP contribution in [0.1, 0.15) is 37.2 Å². The average molecular weight is 476 g/mol. The summed E-state index contributed by atoms with van der Waals surface area (Å²) in [6.07, 6.45) is 8.69. The minimum Gasteiger partial charge on any atom is -0.336 e. The third-order valence-electron chi connectivity index (χ3n) is 5.22. The summed E-state index contributed by atoms with van der Waals surface area (Å²) >= 11 is 5.87. The van der Waals surface area contributed by atoms with Gasteiger partial charge in [0.15, 0.2) is 0 Å². The molecule has 4 rings (SSSR count). The molecule has 4 nitrogen and oxygen atoms in total. The molecule has 1 aromatic rings. The highest BCUT2D eigenvalue weighted by Gasteiger charge is 2.36. The van der Waals surface area contributed by atoms with Gasteiger partial charge in [0, 0.05) is 49.5 Å². The largest absolute Gasteiger partial charge is 0.336 e. The zero-order valence-corrected chi connectivity index (χ0v) is 16.7. The zero-order chi connectivity index (χ0) is 17.4. The van der Waals surface area contributed by atoms with Gasteiger partial charge in [0.05, 0.1) is 23.8 Å². The number of anilines is 1. The molecule has 1 saturated heterocycles. The van der Waals surface area contributed by atoms with Gasteiger partial charge in [-0.1, -0.05) is 11.6 Å². The lowest BCUT2D eigenvalue weighted by Gasteiger charge is -2.39. The molecule has 0 atom stereocenters. The van der Waals surface area contributed by atoms with Gasteiger partial charge < -0.3 is 4.90 Å². The van der Waals surface area contributed by atoms with Crippen LogP contribution in [0.15, 0.2) is 29.7 Å². The first-order valence-electron chi connectivity index (χ1n) is 8.62. The number of allylic oxidation sites excluding steroid dienone is 1. The quantitative estimate of drug-likeness (QED) is 0.487. The van der Waals surface area contributed by atoms with Crippen LogP contribution < -0.4 is 3.11 Å². The van der Waals surface area contributed by atoms with Gasteiger partial charge in [-0.2, -0.15) is 0 Å². The number of likely N-dealkylation sites (tertiary alicyclic amines) is 1. The number of rotatable bonds is 3. The Hall–Kier alpha value is -1.02. The second kappa shape index (κ2) is 7.31. The van der Waals surface area contributed by atoms with Crippen molar-refractivity contribution >= 4 is 48.2 Å².